The highest BCUT2D eigenvalue weighted by Gasteiger charge is 2.25. The van der Waals surface area contributed by atoms with Crippen molar-refractivity contribution in [1.82, 2.24) is 15.0 Å². The van der Waals surface area contributed by atoms with Crippen LogP contribution in [0.3, 0.4) is 0 Å². The molecule has 0 N–H and O–H groups in total. The van der Waals surface area contributed by atoms with Crippen molar-refractivity contribution in [3.63, 3.8) is 0 Å². The Bertz CT molecular complexity index is 1220. The molecule has 0 aliphatic carbocycles. The Labute approximate surface area is 184 Å². The number of aryl methyl sites for hydroxylation is 2. The first-order valence-electron chi connectivity index (χ1n) is 9.69. The number of amides is 1. The number of aromatic nitrogens is 3. The quantitative estimate of drug-likeness (QED) is 0.442. The van der Waals surface area contributed by atoms with E-state index in [9.17, 15) is 4.79 Å². The van der Waals surface area contributed by atoms with E-state index in [1.165, 1.54) is 31.6 Å². The molecule has 0 saturated carbocycles. The average Bonchev–Trinajstić information content (AvgIpc) is 3.24. The Kier molecular flexibility index (Phi) is 5.81. The molecule has 2 heterocycles. The van der Waals surface area contributed by atoms with Crippen LogP contribution < -0.4 is 14.4 Å². The van der Waals surface area contributed by atoms with Crippen molar-refractivity contribution in [2.45, 2.75) is 20.4 Å². The van der Waals surface area contributed by atoms with Gasteiger partial charge in [-0.15, -0.1) is 0 Å². The first-order chi connectivity index (χ1) is 15.0. The number of nitrogens with zero attached hydrogens (tertiary/aromatic N) is 4. The van der Waals surface area contributed by atoms with Crippen LogP contribution in [0.2, 0.25) is 0 Å². The van der Waals surface area contributed by atoms with Crippen LogP contribution in [0.25, 0.3) is 10.2 Å². The predicted octanol–water partition coefficient (Wildman–Crippen LogP) is 4.57. The molecule has 7 nitrogen and oxygen atoms in total. The zero-order valence-corrected chi connectivity index (χ0v) is 18.6. The van der Waals surface area contributed by atoms with Gasteiger partial charge in [-0.1, -0.05) is 47.7 Å². The van der Waals surface area contributed by atoms with Crippen molar-refractivity contribution < 1.29 is 14.3 Å². The van der Waals surface area contributed by atoms with Gasteiger partial charge in [0.25, 0.3) is 5.91 Å². The number of methoxy groups -OCH3 is 2. The SMILES string of the molecule is COc1cc(C(=O)N(Cc2ccccc2)c2nc3c(C)c(C)ccc3s2)nc(OC)n1. The molecule has 0 unspecified atom stereocenters. The Morgan fingerprint density at radius 1 is 1.00 bits per heavy atom. The van der Waals surface area contributed by atoms with E-state index < -0.39 is 0 Å². The monoisotopic (exact) mass is 434 g/mol. The average molecular weight is 435 g/mol. The Morgan fingerprint density at radius 3 is 2.48 bits per heavy atom. The van der Waals surface area contributed by atoms with Gasteiger partial charge in [0, 0.05) is 6.07 Å². The molecule has 0 radical (unpaired) electrons. The molecule has 0 aliphatic rings. The Morgan fingerprint density at radius 2 is 1.77 bits per heavy atom. The first kappa shape index (κ1) is 20.7. The van der Waals surface area contributed by atoms with Gasteiger partial charge in [-0.2, -0.15) is 9.97 Å². The van der Waals surface area contributed by atoms with E-state index in [-0.39, 0.29) is 23.5 Å². The second-order valence-corrected chi connectivity index (χ2v) is 8.02. The first-order valence-corrected chi connectivity index (χ1v) is 10.5. The summed E-state index contributed by atoms with van der Waals surface area (Å²) >= 11 is 1.48. The van der Waals surface area contributed by atoms with Gasteiger partial charge in [-0.05, 0) is 36.6 Å². The summed E-state index contributed by atoms with van der Waals surface area (Å²) in [5.41, 5.74) is 4.33. The van der Waals surface area contributed by atoms with Crippen LogP contribution in [0.1, 0.15) is 27.2 Å². The maximum absolute atomic E-state index is 13.6. The molecular weight excluding hydrogens is 412 g/mol. The number of hydrogen-bond acceptors (Lipinski definition) is 7. The minimum absolute atomic E-state index is 0.0677. The smallest absolute Gasteiger partial charge is 0.320 e. The van der Waals surface area contributed by atoms with Crippen molar-refractivity contribution in [2.75, 3.05) is 19.1 Å². The van der Waals surface area contributed by atoms with E-state index in [1.54, 1.807) is 4.90 Å². The maximum Gasteiger partial charge on any atom is 0.320 e. The molecule has 31 heavy (non-hydrogen) atoms. The van der Waals surface area contributed by atoms with Crippen LogP contribution in [0.15, 0.2) is 48.5 Å². The summed E-state index contributed by atoms with van der Waals surface area (Å²) in [7, 11) is 2.93. The number of rotatable bonds is 6. The van der Waals surface area contributed by atoms with Crippen LogP contribution in [-0.4, -0.2) is 35.1 Å². The van der Waals surface area contributed by atoms with Gasteiger partial charge in [0.05, 0.1) is 31.0 Å². The fourth-order valence-corrected chi connectivity index (χ4v) is 4.19. The van der Waals surface area contributed by atoms with Gasteiger partial charge < -0.3 is 9.47 Å². The van der Waals surface area contributed by atoms with Crippen LogP contribution >= 0.6 is 11.3 Å². The Hall–Kier alpha value is -3.52. The number of benzene rings is 2. The van der Waals surface area contributed by atoms with Gasteiger partial charge >= 0.3 is 6.01 Å². The largest absolute Gasteiger partial charge is 0.481 e. The molecule has 0 saturated heterocycles. The number of hydrogen-bond donors (Lipinski definition) is 0. The molecule has 0 fully saturated rings. The lowest BCUT2D eigenvalue weighted by molar-refractivity contribution is 0.0978. The van der Waals surface area contributed by atoms with Gasteiger partial charge in [-0.3, -0.25) is 9.69 Å². The lowest BCUT2D eigenvalue weighted by atomic mass is 10.1. The lowest BCUT2D eigenvalue weighted by Gasteiger charge is -2.20. The summed E-state index contributed by atoms with van der Waals surface area (Å²) in [6.07, 6.45) is 0. The van der Waals surface area contributed by atoms with Crippen LogP contribution in [0, 0.1) is 13.8 Å². The molecule has 4 aromatic rings. The number of anilines is 1. The molecule has 0 spiro atoms. The highest BCUT2D eigenvalue weighted by Crippen LogP contribution is 2.33. The van der Waals surface area contributed by atoms with Crippen molar-refractivity contribution in [2.24, 2.45) is 0 Å². The Balaban J connectivity index is 1.82. The molecule has 158 valence electrons. The molecular formula is C23H22N4O3S. The van der Waals surface area contributed by atoms with E-state index >= 15 is 0 Å². The standard InChI is InChI=1S/C23H22N4O3S/c1-14-10-11-18-20(15(14)2)26-23(31-18)27(13-16-8-6-5-7-9-16)21(28)17-12-19(29-3)25-22(24-17)30-4/h5-12H,13H2,1-4H3. The topological polar surface area (TPSA) is 77.4 Å². The summed E-state index contributed by atoms with van der Waals surface area (Å²) < 4.78 is 11.4. The van der Waals surface area contributed by atoms with Crippen molar-refractivity contribution >= 4 is 32.6 Å². The fourth-order valence-electron chi connectivity index (χ4n) is 3.17. The molecule has 8 heteroatoms. The van der Waals surface area contributed by atoms with Crippen molar-refractivity contribution in [3.05, 3.63) is 70.9 Å². The van der Waals surface area contributed by atoms with Crippen molar-refractivity contribution in [3.8, 4) is 11.9 Å². The van der Waals surface area contributed by atoms with E-state index in [2.05, 4.69) is 23.0 Å². The number of thiazole rings is 1. The third-order valence-corrected chi connectivity index (χ3v) is 6.07. The summed E-state index contributed by atoms with van der Waals surface area (Å²) in [5.74, 6) is -0.0538. The van der Waals surface area contributed by atoms with E-state index in [0.29, 0.717) is 11.7 Å². The van der Waals surface area contributed by atoms with E-state index in [4.69, 9.17) is 14.5 Å². The number of fused-ring (bicyclic) bond motifs is 1. The molecule has 0 bridgehead atoms. The van der Waals surface area contributed by atoms with Crippen LogP contribution in [0.5, 0.6) is 11.9 Å². The maximum atomic E-state index is 13.6. The van der Waals surface area contributed by atoms with E-state index in [0.717, 1.165) is 26.9 Å². The number of carbonyl (C=O) groups is 1. The number of ether oxygens (including phenoxy) is 2. The second kappa shape index (κ2) is 8.69. The molecule has 1 amide bonds. The fraction of sp³-hybridized carbons (Fsp3) is 0.217. The summed E-state index contributed by atoms with van der Waals surface area (Å²) in [6, 6.07) is 15.5. The van der Waals surface area contributed by atoms with Gasteiger partial charge in [-0.25, -0.2) is 4.98 Å². The minimum atomic E-state index is -0.309. The second-order valence-electron chi connectivity index (χ2n) is 7.01. The predicted molar refractivity (Wildman–Crippen MR) is 121 cm³/mol. The minimum Gasteiger partial charge on any atom is -0.481 e. The van der Waals surface area contributed by atoms with Gasteiger partial charge in [0.15, 0.2) is 5.13 Å². The van der Waals surface area contributed by atoms with Crippen LogP contribution in [-0.2, 0) is 6.54 Å². The van der Waals surface area contributed by atoms with Gasteiger partial charge in [0.1, 0.15) is 5.69 Å². The molecule has 0 aliphatic heterocycles. The van der Waals surface area contributed by atoms with E-state index in [1.807, 2.05) is 43.3 Å². The highest BCUT2D eigenvalue weighted by molar-refractivity contribution is 7.22. The zero-order chi connectivity index (χ0) is 22.0. The summed E-state index contributed by atoms with van der Waals surface area (Å²) in [5, 5.41) is 0.606. The number of carbonyl (C=O) groups excluding carboxylic acids is 1. The van der Waals surface area contributed by atoms with Crippen molar-refractivity contribution in [1.29, 1.82) is 0 Å². The molecule has 0 atom stereocenters. The normalized spacial score (nSPS) is 10.8. The zero-order valence-electron chi connectivity index (χ0n) is 17.7. The third-order valence-electron chi connectivity index (χ3n) is 5.03. The third kappa shape index (κ3) is 4.20. The molecule has 2 aromatic carbocycles. The summed E-state index contributed by atoms with van der Waals surface area (Å²) in [4.78, 5) is 28.4. The molecule has 2 aromatic heterocycles. The van der Waals surface area contributed by atoms with Gasteiger partial charge in [0.2, 0.25) is 5.88 Å². The van der Waals surface area contributed by atoms with Crippen LogP contribution in [0.4, 0.5) is 5.13 Å². The summed E-state index contributed by atoms with van der Waals surface area (Å²) in [6.45, 7) is 4.46. The lowest BCUT2D eigenvalue weighted by Crippen LogP contribution is -2.31. The highest BCUT2D eigenvalue weighted by atomic mass is 32.1. The molecule has 4 rings (SSSR count).